The lowest BCUT2D eigenvalue weighted by Gasteiger charge is -2.37. The van der Waals surface area contributed by atoms with Gasteiger partial charge in [-0.1, -0.05) is 68.3 Å². The Labute approximate surface area is 184 Å². The molecule has 1 unspecified atom stereocenters. The summed E-state index contributed by atoms with van der Waals surface area (Å²) in [6.07, 6.45) is 4.89. The number of piperazine rings is 1. The number of benzene rings is 2. The molecule has 0 bridgehead atoms. The molecule has 1 fully saturated rings. The van der Waals surface area contributed by atoms with Crippen LogP contribution in [0, 0.1) is 0 Å². The van der Waals surface area contributed by atoms with Crippen molar-refractivity contribution in [2.75, 3.05) is 31.1 Å². The van der Waals surface area contributed by atoms with Crippen LogP contribution in [0.25, 0.3) is 0 Å². The zero-order valence-corrected chi connectivity index (χ0v) is 19.5. The van der Waals surface area contributed by atoms with E-state index in [0.29, 0.717) is 6.04 Å². The van der Waals surface area contributed by atoms with Crippen LogP contribution in [0.5, 0.6) is 0 Å². The first-order chi connectivity index (χ1) is 14.4. The maximum atomic E-state index is 3.88. The molecule has 2 aromatic carbocycles. The van der Waals surface area contributed by atoms with Crippen LogP contribution in [0.1, 0.15) is 58.1 Å². The molecule has 0 amide bonds. The minimum atomic E-state index is 0.149. The SMILES string of the molecule is CCCCC(Cc1ccccc1N1CCN(Cc2ccccc2)CC1)NC(C)(C)C. The van der Waals surface area contributed by atoms with Crippen molar-refractivity contribution >= 4 is 5.69 Å². The van der Waals surface area contributed by atoms with E-state index in [4.69, 9.17) is 0 Å². The molecule has 3 rings (SSSR count). The normalized spacial score (nSPS) is 16.6. The molecule has 0 spiro atoms. The Morgan fingerprint density at radius 2 is 1.57 bits per heavy atom. The maximum Gasteiger partial charge on any atom is 0.0400 e. The van der Waals surface area contributed by atoms with Crippen molar-refractivity contribution in [2.24, 2.45) is 0 Å². The van der Waals surface area contributed by atoms with Gasteiger partial charge in [-0.25, -0.2) is 0 Å². The Bertz CT molecular complexity index is 742. The average molecular weight is 408 g/mol. The number of nitrogens with one attached hydrogen (secondary N) is 1. The van der Waals surface area contributed by atoms with E-state index in [0.717, 1.165) is 39.1 Å². The van der Waals surface area contributed by atoms with Gasteiger partial charge in [-0.3, -0.25) is 4.90 Å². The summed E-state index contributed by atoms with van der Waals surface area (Å²) in [5, 5.41) is 3.88. The number of anilines is 1. The highest BCUT2D eigenvalue weighted by molar-refractivity contribution is 5.54. The minimum Gasteiger partial charge on any atom is -0.369 e. The molecule has 0 radical (unpaired) electrons. The summed E-state index contributed by atoms with van der Waals surface area (Å²) >= 11 is 0. The maximum absolute atomic E-state index is 3.88. The van der Waals surface area contributed by atoms with E-state index in [2.05, 4.69) is 97.4 Å². The van der Waals surface area contributed by atoms with Gasteiger partial charge in [0.2, 0.25) is 0 Å². The zero-order chi connectivity index (χ0) is 21.4. The molecule has 0 aromatic heterocycles. The molecule has 1 atom stereocenters. The zero-order valence-electron chi connectivity index (χ0n) is 19.5. The van der Waals surface area contributed by atoms with Crippen LogP contribution in [-0.4, -0.2) is 42.7 Å². The second-order valence-corrected chi connectivity index (χ2v) is 9.82. The summed E-state index contributed by atoms with van der Waals surface area (Å²) in [5.41, 5.74) is 4.50. The first-order valence-electron chi connectivity index (χ1n) is 11.8. The van der Waals surface area contributed by atoms with E-state index in [1.807, 2.05) is 0 Å². The van der Waals surface area contributed by atoms with Crippen LogP contribution in [0.4, 0.5) is 5.69 Å². The monoisotopic (exact) mass is 407 g/mol. The number of nitrogens with zero attached hydrogens (tertiary/aromatic N) is 2. The van der Waals surface area contributed by atoms with Gasteiger partial charge in [-0.05, 0) is 50.8 Å². The molecule has 1 saturated heterocycles. The molecule has 0 saturated carbocycles. The summed E-state index contributed by atoms with van der Waals surface area (Å²) < 4.78 is 0. The molecule has 164 valence electrons. The van der Waals surface area contributed by atoms with Crippen LogP contribution < -0.4 is 10.2 Å². The van der Waals surface area contributed by atoms with Crippen LogP contribution in [0.15, 0.2) is 54.6 Å². The molecular weight excluding hydrogens is 366 g/mol. The van der Waals surface area contributed by atoms with Gasteiger partial charge in [-0.2, -0.15) is 0 Å². The van der Waals surface area contributed by atoms with Crippen molar-refractivity contribution < 1.29 is 0 Å². The Hall–Kier alpha value is -1.84. The summed E-state index contributed by atoms with van der Waals surface area (Å²) in [4.78, 5) is 5.18. The smallest absolute Gasteiger partial charge is 0.0400 e. The number of para-hydroxylation sites is 1. The molecular formula is C27H41N3. The van der Waals surface area contributed by atoms with E-state index >= 15 is 0 Å². The standard InChI is InChI=1S/C27H41N3/c1-5-6-15-25(28-27(2,3)4)21-24-14-10-11-16-26(24)30-19-17-29(18-20-30)22-23-12-8-7-9-13-23/h7-14,16,25,28H,5-6,15,17-22H2,1-4H3. The highest BCUT2D eigenvalue weighted by atomic mass is 15.3. The van der Waals surface area contributed by atoms with Gasteiger partial charge in [-0.15, -0.1) is 0 Å². The largest absolute Gasteiger partial charge is 0.369 e. The summed E-state index contributed by atoms with van der Waals surface area (Å²) in [7, 11) is 0. The molecule has 1 heterocycles. The van der Waals surface area contributed by atoms with E-state index in [9.17, 15) is 0 Å². The second kappa shape index (κ2) is 11.0. The number of hydrogen-bond acceptors (Lipinski definition) is 3. The quantitative estimate of drug-likeness (QED) is 0.592. The second-order valence-electron chi connectivity index (χ2n) is 9.82. The molecule has 0 aliphatic carbocycles. The predicted molar refractivity (Wildman–Crippen MR) is 130 cm³/mol. The topological polar surface area (TPSA) is 18.5 Å². The van der Waals surface area contributed by atoms with E-state index in [-0.39, 0.29) is 5.54 Å². The lowest BCUT2D eigenvalue weighted by molar-refractivity contribution is 0.249. The highest BCUT2D eigenvalue weighted by Gasteiger charge is 2.22. The van der Waals surface area contributed by atoms with E-state index < -0.39 is 0 Å². The van der Waals surface area contributed by atoms with Crippen molar-refractivity contribution in [1.29, 1.82) is 0 Å². The summed E-state index contributed by atoms with van der Waals surface area (Å²) in [5.74, 6) is 0. The van der Waals surface area contributed by atoms with Gasteiger partial charge < -0.3 is 10.2 Å². The van der Waals surface area contributed by atoms with Gasteiger partial charge in [0.15, 0.2) is 0 Å². The predicted octanol–water partition coefficient (Wildman–Crippen LogP) is 5.50. The molecule has 3 nitrogen and oxygen atoms in total. The molecule has 2 aromatic rings. The van der Waals surface area contributed by atoms with Crippen molar-refractivity contribution in [3.63, 3.8) is 0 Å². The third-order valence-corrected chi connectivity index (χ3v) is 5.96. The Morgan fingerprint density at radius 3 is 2.23 bits per heavy atom. The summed E-state index contributed by atoms with van der Waals surface area (Å²) in [6.45, 7) is 14.7. The van der Waals surface area contributed by atoms with Crippen LogP contribution in [-0.2, 0) is 13.0 Å². The number of hydrogen-bond donors (Lipinski definition) is 1. The van der Waals surface area contributed by atoms with Gasteiger partial charge in [0.25, 0.3) is 0 Å². The van der Waals surface area contributed by atoms with Crippen molar-refractivity contribution in [3.8, 4) is 0 Å². The van der Waals surface area contributed by atoms with Gasteiger partial charge in [0.1, 0.15) is 0 Å². The Balaban J connectivity index is 1.63. The highest BCUT2D eigenvalue weighted by Crippen LogP contribution is 2.25. The van der Waals surface area contributed by atoms with Gasteiger partial charge in [0.05, 0.1) is 0 Å². The van der Waals surface area contributed by atoms with Crippen LogP contribution in [0.2, 0.25) is 0 Å². The van der Waals surface area contributed by atoms with Crippen LogP contribution in [0.3, 0.4) is 0 Å². The fourth-order valence-electron chi connectivity index (χ4n) is 4.53. The molecule has 1 aliphatic rings. The van der Waals surface area contributed by atoms with Gasteiger partial charge in [0, 0.05) is 50.0 Å². The van der Waals surface area contributed by atoms with Crippen molar-refractivity contribution in [1.82, 2.24) is 10.2 Å². The molecule has 3 heteroatoms. The first kappa shape index (κ1) is 22.8. The average Bonchev–Trinajstić information content (AvgIpc) is 2.73. The summed E-state index contributed by atoms with van der Waals surface area (Å²) in [6, 6.07) is 20.5. The molecule has 1 N–H and O–H groups in total. The lowest BCUT2D eigenvalue weighted by atomic mass is 9.96. The van der Waals surface area contributed by atoms with Crippen LogP contribution >= 0.6 is 0 Å². The van der Waals surface area contributed by atoms with E-state index in [1.54, 1.807) is 0 Å². The molecule has 1 aliphatic heterocycles. The number of unbranched alkanes of at least 4 members (excludes halogenated alkanes) is 1. The Kier molecular flexibility index (Phi) is 8.35. The minimum absolute atomic E-state index is 0.149. The lowest BCUT2D eigenvalue weighted by Crippen LogP contribution is -2.47. The third-order valence-electron chi connectivity index (χ3n) is 5.96. The van der Waals surface area contributed by atoms with Gasteiger partial charge >= 0.3 is 0 Å². The molecule has 30 heavy (non-hydrogen) atoms. The first-order valence-corrected chi connectivity index (χ1v) is 11.8. The third kappa shape index (κ3) is 7.14. The van der Waals surface area contributed by atoms with Crippen molar-refractivity contribution in [3.05, 3.63) is 65.7 Å². The fraction of sp³-hybridized carbons (Fsp3) is 0.556. The fourth-order valence-corrected chi connectivity index (χ4v) is 4.53. The van der Waals surface area contributed by atoms with Crippen molar-refractivity contribution in [2.45, 2.75) is 71.5 Å². The van der Waals surface area contributed by atoms with E-state index in [1.165, 1.54) is 36.1 Å². The number of rotatable bonds is 9. The Morgan fingerprint density at radius 1 is 0.900 bits per heavy atom.